The fourth-order valence-corrected chi connectivity index (χ4v) is 2.61. The van der Waals surface area contributed by atoms with Crippen LogP contribution in [0.2, 0.25) is 0 Å². The number of anilines is 2. The molecule has 3 aromatic rings. The van der Waals surface area contributed by atoms with Crippen LogP contribution in [0.5, 0.6) is 0 Å². The third kappa shape index (κ3) is 4.04. The van der Waals surface area contributed by atoms with Crippen LogP contribution in [-0.4, -0.2) is 38.7 Å². The van der Waals surface area contributed by atoms with Gasteiger partial charge in [0.25, 0.3) is 5.91 Å². The van der Waals surface area contributed by atoms with Gasteiger partial charge in [0, 0.05) is 25.1 Å². The largest absolute Gasteiger partial charge is 0.382 e. The van der Waals surface area contributed by atoms with Crippen LogP contribution < -0.4 is 16.4 Å². The molecule has 1 amide bonds. The van der Waals surface area contributed by atoms with Crippen LogP contribution >= 0.6 is 0 Å². The van der Waals surface area contributed by atoms with Crippen LogP contribution in [0.1, 0.15) is 29.0 Å². The summed E-state index contributed by atoms with van der Waals surface area (Å²) in [4.78, 5) is 20.2. The van der Waals surface area contributed by atoms with Gasteiger partial charge in [-0.1, -0.05) is 37.3 Å². The van der Waals surface area contributed by atoms with E-state index in [1.165, 1.54) is 12.4 Å². The van der Waals surface area contributed by atoms with Gasteiger partial charge >= 0.3 is 0 Å². The molecule has 0 bridgehead atoms. The monoisotopic (exact) mass is 351 g/mol. The van der Waals surface area contributed by atoms with Crippen molar-refractivity contribution in [2.45, 2.75) is 13.0 Å². The van der Waals surface area contributed by atoms with Crippen LogP contribution in [-0.2, 0) is 0 Å². The lowest BCUT2D eigenvalue weighted by molar-refractivity contribution is 0.102. The van der Waals surface area contributed by atoms with E-state index in [2.05, 4.69) is 44.8 Å². The topological polar surface area (TPSA) is 111 Å². The molecule has 1 unspecified atom stereocenters. The van der Waals surface area contributed by atoms with Gasteiger partial charge in [-0.2, -0.15) is 5.10 Å². The van der Waals surface area contributed by atoms with Gasteiger partial charge in [-0.3, -0.25) is 9.48 Å². The molecular weight excluding hydrogens is 330 g/mol. The Morgan fingerprint density at radius 3 is 2.73 bits per heavy atom. The highest BCUT2D eigenvalue weighted by atomic mass is 16.1. The van der Waals surface area contributed by atoms with E-state index in [1.54, 1.807) is 12.4 Å². The molecule has 0 radical (unpaired) electrons. The van der Waals surface area contributed by atoms with Gasteiger partial charge < -0.3 is 16.4 Å². The van der Waals surface area contributed by atoms with Crippen molar-refractivity contribution in [3.05, 3.63) is 66.4 Å². The molecule has 0 spiro atoms. The number of rotatable bonds is 7. The van der Waals surface area contributed by atoms with Crippen molar-refractivity contribution in [1.82, 2.24) is 25.1 Å². The summed E-state index contributed by atoms with van der Waals surface area (Å²) < 4.78 is 1.83. The highest BCUT2D eigenvalue weighted by Gasteiger charge is 2.17. The first kappa shape index (κ1) is 17.6. The molecule has 134 valence electrons. The zero-order chi connectivity index (χ0) is 18.4. The number of aromatic nitrogens is 4. The number of hydrogen-bond acceptors (Lipinski definition) is 6. The van der Waals surface area contributed by atoms with Gasteiger partial charge in [-0.25, -0.2) is 9.97 Å². The van der Waals surface area contributed by atoms with Crippen LogP contribution in [0.4, 0.5) is 11.5 Å². The second kappa shape index (κ2) is 8.21. The van der Waals surface area contributed by atoms with Gasteiger partial charge in [0.2, 0.25) is 0 Å². The van der Waals surface area contributed by atoms with Crippen molar-refractivity contribution >= 4 is 17.4 Å². The normalized spacial score (nSPS) is 11.9. The summed E-state index contributed by atoms with van der Waals surface area (Å²) in [6.45, 7) is 3.65. The maximum atomic E-state index is 12.3. The van der Waals surface area contributed by atoms with E-state index in [1.807, 2.05) is 22.9 Å². The summed E-state index contributed by atoms with van der Waals surface area (Å²) in [7, 11) is 0. The van der Waals surface area contributed by atoms with Crippen molar-refractivity contribution in [2.24, 2.45) is 0 Å². The van der Waals surface area contributed by atoms with Gasteiger partial charge in [0.15, 0.2) is 11.5 Å². The smallest absolute Gasteiger partial charge is 0.278 e. The summed E-state index contributed by atoms with van der Waals surface area (Å²) in [6, 6.07) is 10.1. The van der Waals surface area contributed by atoms with Gasteiger partial charge in [0.05, 0.1) is 17.9 Å². The molecule has 0 saturated heterocycles. The molecular formula is C18H21N7O. The molecule has 0 aliphatic heterocycles. The first-order valence-corrected chi connectivity index (χ1v) is 8.36. The average molecular weight is 351 g/mol. The van der Waals surface area contributed by atoms with E-state index in [0.29, 0.717) is 5.69 Å². The summed E-state index contributed by atoms with van der Waals surface area (Å²) in [6.07, 6.45) is 6.26. The molecule has 4 N–H and O–H groups in total. The van der Waals surface area contributed by atoms with E-state index in [9.17, 15) is 4.79 Å². The summed E-state index contributed by atoms with van der Waals surface area (Å²) in [5.74, 6) is -0.329. The molecule has 8 nitrogen and oxygen atoms in total. The molecule has 2 heterocycles. The van der Waals surface area contributed by atoms with Crippen LogP contribution in [0, 0.1) is 0 Å². The predicted molar refractivity (Wildman–Crippen MR) is 99.7 cm³/mol. The third-order valence-corrected chi connectivity index (χ3v) is 3.89. The Morgan fingerprint density at radius 2 is 2.00 bits per heavy atom. The first-order chi connectivity index (χ1) is 12.7. The molecule has 0 aliphatic carbocycles. The molecule has 26 heavy (non-hydrogen) atoms. The fourth-order valence-electron chi connectivity index (χ4n) is 2.61. The number of hydrogen-bond donors (Lipinski definition) is 3. The number of nitrogens with two attached hydrogens (primary N) is 1. The van der Waals surface area contributed by atoms with E-state index < -0.39 is 5.91 Å². The molecule has 1 aromatic carbocycles. The summed E-state index contributed by atoms with van der Waals surface area (Å²) in [5.41, 5.74) is 7.49. The summed E-state index contributed by atoms with van der Waals surface area (Å²) >= 11 is 0. The molecule has 1 atom stereocenters. The number of nitrogens with one attached hydrogen (secondary N) is 2. The molecule has 0 fully saturated rings. The minimum atomic E-state index is -0.418. The number of amides is 1. The lowest BCUT2D eigenvalue weighted by Gasteiger charge is -2.18. The number of nitrogens with zero attached hydrogens (tertiary/aromatic N) is 4. The molecule has 0 aliphatic rings. The molecule has 0 saturated carbocycles. The SMILES string of the molecule is CCNCC(c1ccccc1)n1cc(NC(=O)c2nccnc2N)cn1. The van der Waals surface area contributed by atoms with E-state index in [4.69, 9.17) is 5.73 Å². The standard InChI is InChI=1S/C18H21N7O/c1-2-20-11-15(13-6-4-3-5-7-13)25-12-14(10-23-25)24-18(26)16-17(19)22-9-8-21-16/h3-10,12,15,20H,2,11H2,1H3,(H2,19,22)(H,24,26). The number of nitrogen functional groups attached to an aromatic ring is 1. The Morgan fingerprint density at radius 1 is 1.23 bits per heavy atom. The maximum absolute atomic E-state index is 12.3. The number of carbonyl (C=O) groups excluding carboxylic acids is 1. The van der Waals surface area contributed by atoms with Crippen LogP contribution in [0.15, 0.2) is 55.1 Å². The second-order valence-corrected chi connectivity index (χ2v) is 5.69. The Balaban J connectivity index is 1.79. The van der Waals surface area contributed by atoms with E-state index in [-0.39, 0.29) is 17.6 Å². The number of benzene rings is 1. The van der Waals surface area contributed by atoms with E-state index in [0.717, 1.165) is 18.7 Å². The Bertz CT molecular complexity index is 863. The Kier molecular flexibility index (Phi) is 5.55. The van der Waals surface area contributed by atoms with Crippen molar-refractivity contribution in [1.29, 1.82) is 0 Å². The molecule has 8 heteroatoms. The zero-order valence-corrected chi connectivity index (χ0v) is 14.5. The highest BCUT2D eigenvalue weighted by molar-refractivity contribution is 6.05. The van der Waals surface area contributed by atoms with E-state index >= 15 is 0 Å². The Hall–Kier alpha value is -3.26. The van der Waals surface area contributed by atoms with Crippen molar-refractivity contribution in [3.8, 4) is 0 Å². The fraction of sp³-hybridized carbons (Fsp3) is 0.222. The maximum Gasteiger partial charge on any atom is 0.278 e. The zero-order valence-electron chi connectivity index (χ0n) is 14.5. The van der Waals surface area contributed by atoms with Crippen molar-refractivity contribution in [2.75, 3.05) is 24.1 Å². The van der Waals surface area contributed by atoms with Crippen LogP contribution in [0.25, 0.3) is 0 Å². The highest BCUT2D eigenvalue weighted by Crippen LogP contribution is 2.19. The predicted octanol–water partition coefficient (Wildman–Crippen LogP) is 1.71. The van der Waals surface area contributed by atoms with Crippen molar-refractivity contribution in [3.63, 3.8) is 0 Å². The summed E-state index contributed by atoms with van der Waals surface area (Å²) in [5, 5.41) is 10.5. The number of carbonyl (C=O) groups is 1. The quantitative estimate of drug-likeness (QED) is 0.597. The second-order valence-electron chi connectivity index (χ2n) is 5.69. The first-order valence-electron chi connectivity index (χ1n) is 8.36. The van der Waals surface area contributed by atoms with Gasteiger partial charge in [-0.15, -0.1) is 0 Å². The molecule has 3 rings (SSSR count). The minimum Gasteiger partial charge on any atom is -0.382 e. The molecule has 2 aromatic heterocycles. The number of likely N-dealkylation sites (N-methyl/N-ethyl adjacent to an activating group) is 1. The average Bonchev–Trinajstić information content (AvgIpc) is 3.11. The minimum absolute atomic E-state index is 0.0170. The van der Waals surface area contributed by atoms with Gasteiger partial charge in [-0.05, 0) is 12.1 Å². The lowest BCUT2D eigenvalue weighted by Crippen LogP contribution is -2.26. The van der Waals surface area contributed by atoms with Crippen LogP contribution in [0.3, 0.4) is 0 Å². The van der Waals surface area contributed by atoms with Crippen molar-refractivity contribution < 1.29 is 4.79 Å². The Labute approximate surface area is 151 Å². The van der Waals surface area contributed by atoms with Gasteiger partial charge in [0.1, 0.15) is 0 Å². The lowest BCUT2D eigenvalue weighted by atomic mass is 10.1. The third-order valence-electron chi connectivity index (χ3n) is 3.89.